The zero-order valence-electron chi connectivity index (χ0n) is 11.5. The van der Waals surface area contributed by atoms with Crippen LogP contribution in [0.4, 0.5) is 0 Å². The van der Waals surface area contributed by atoms with Crippen molar-refractivity contribution >= 4 is 0 Å². The van der Waals surface area contributed by atoms with E-state index >= 15 is 0 Å². The first-order chi connectivity index (χ1) is 9.68. The first-order valence-electron chi connectivity index (χ1n) is 7.10. The Labute approximate surface area is 118 Å². The number of ether oxygens (including phenoxy) is 1. The van der Waals surface area contributed by atoms with E-state index in [2.05, 4.69) is 27.8 Å². The van der Waals surface area contributed by atoms with Crippen LogP contribution < -0.4 is 0 Å². The average molecular weight is 270 g/mol. The molecule has 1 saturated heterocycles. The van der Waals surface area contributed by atoms with E-state index in [4.69, 9.17) is 4.74 Å². The molecule has 4 heteroatoms. The molecule has 0 bridgehead atoms. The molecule has 1 aromatic heterocycles. The van der Waals surface area contributed by atoms with Gasteiger partial charge in [-0.1, -0.05) is 24.3 Å². The van der Waals surface area contributed by atoms with Crippen LogP contribution in [-0.4, -0.2) is 33.5 Å². The van der Waals surface area contributed by atoms with Gasteiger partial charge >= 0.3 is 0 Å². The van der Waals surface area contributed by atoms with Crippen LogP contribution >= 0.6 is 0 Å². The fourth-order valence-corrected chi connectivity index (χ4v) is 3.57. The van der Waals surface area contributed by atoms with Crippen molar-refractivity contribution in [3.8, 4) is 11.3 Å². The van der Waals surface area contributed by atoms with Gasteiger partial charge in [-0.25, -0.2) is 4.98 Å². The van der Waals surface area contributed by atoms with E-state index in [1.54, 1.807) is 0 Å². The Balaban J connectivity index is 1.86. The van der Waals surface area contributed by atoms with Crippen LogP contribution in [0.25, 0.3) is 11.3 Å². The van der Waals surface area contributed by atoms with Crippen molar-refractivity contribution in [1.29, 1.82) is 0 Å². The minimum absolute atomic E-state index is 0.0489. The van der Waals surface area contributed by atoms with Gasteiger partial charge in [-0.3, -0.25) is 0 Å². The molecule has 2 aliphatic heterocycles. The molecule has 4 rings (SSSR count). The van der Waals surface area contributed by atoms with Gasteiger partial charge in [0, 0.05) is 18.1 Å². The van der Waals surface area contributed by atoms with Crippen molar-refractivity contribution in [3.05, 3.63) is 42.4 Å². The Morgan fingerprint density at radius 3 is 3.10 bits per heavy atom. The standard InChI is InChI=1S/C16H18N2O2/c1-16(19)6-7-20-9-13(16)15-12-5-3-2-4-11(12)14-8-17-10-18(14)15/h2-5,8,10,13,15,19H,6-7,9H2,1H3/t13-,15?,16-/m1/s1. The Hall–Kier alpha value is -1.65. The van der Waals surface area contributed by atoms with Crippen LogP contribution in [0.5, 0.6) is 0 Å². The predicted octanol–water partition coefficient (Wildman–Crippen LogP) is 2.24. The number of hydrogen-bond donors (Lipinski definition) is 1. The van der Waals surface area contributed by atoms with E-state index in [9.17, 15) is 5.11 Å². The van der Waals surface area contributed by atoms with Crippen molar-refractivity contribution in [2.24, 2.45) is 5.92 Å². The number of aliphatic hydroxyl groups is 1. The third kappa shape index (κ3) is 1.58. The molecule has 0 spiro atoms. The number of fused-ring (bicyclic) bond motifs is 3. The number of imidazole rings is 1. The van der Waals surface area contributed by atoms with E-state index in [1.807, 2.05) is 25.5 Å². The molecule has 1 N–H and O–H groups in total. The molecule has 3 heterocycles. The normalized spacial score (nSPS) is 31.9. The van der Waals surface area contributed by atoms with Gasteiger partial charge in [0.2, 0.25) is 0 Å². The third-order valence-electron chi connectivity index (χ3n) is 4.75. The molecule has 0 aliphatic carbocycles. The van der Waals surface area contributed by atoms with Crippen LogP contribution in [0.15, 0.2) is 36.8 Å². The maximum atomic E-state index is 10.8. The lowest BCUT2D eigenvalue weighted by atomic mass is 9.78. The molecular weight excluding hydrogens is 252 g/mol. The van der Waals surface area contributed by atoms with Gasteiger partial charge in [0.1, 0.15) is 0 Å². The van der Waals surface area contributed by atoms with Gasteiger partial charge < -0.3 is 14.4 Å². The van der Waals surface area contributed by atoms with Gasteiger partial charge in [-0.05, 0) is 18.9 Å². The first kappa shape index (κ1) is 12.1. The van der Waals surface area contributed by atoms with Gasteiger partial charge in [-0.2, -0.15) is 0 Å². The first-order valence-corrected chi connectivity index (χ1v) is 7.10. The second-order valence-electron chi connectivity index (χ2n) is 6.01. The number of benzene rings is 1. The molecule has 1 unspecified atom stereocenters. The van der Waals surface area contributed by atoms with Gasteiger partial charge in [0.25, 0.3) is 0 Å². The lowest BCUT2D eigenvalue weighted by Gasteiger charge is -2.41. The summed E-state index contributed by atoms with van der Waals surface area (Å²) in [6.45, 7) is 3.15. The summed E-state index contributed by atoms with van der Waals surface area (Å²) in [5.74, 6) is 0.0489. The van der Waals surface area contributed by atoms with E-state index in [-0.39, 0.29) is 12.0 Å². The molecule has 1 aromatic carbocycles. The maximum Gasteiger partial charge on any atom is 0.0956 e. The Morgan fingerprint density at radius 1 is 1.40 bits per heavy atom. The quantitative estimate of drug-likeness (QED) is 0.864. The highest BCUT2D eigenvalue weighted by Gasteiger charge is 2.45. The van der Waals surface area contributed by atoms with E-state index in [1.165, 1.54) is 11.1 Å². The van der Waals surface area contributed by atoms with Crippen molar-refractivity contribution < 1.29 is 9.84 Å². The smallest absolute Gasteiger partial charge is 0.0956 e. The van der Waals surface area contributed by atoms with Crippen LogP contribution in [0.3, 0.4) is 0 Å². The monoisotopic (exact) mass is 270 g/mol. The largest absolute Gasteiger partial charge is 0.390 e. The van der Waals surface area contributed by atoms with Gasteiger partial charge in [0.05, 0.1) is 36.5 Å². The number of aromatic nitrogens is 2. The van der Waals surface area contributed by atoms with E-state index < -0.39 is 5.60 Å². The summed E-state index contributed by atoms with van der Waals surface area (Å²) in [5.41, 5.74) is 2.91. The minimum atomic E-state index is -0.706. The summed E-state index contributed by atoms with van der Waals surface area (Å²) in [5, 5.41) is 10.8. The zero-order chi connectivity index (χ0) is 13.7. The van der Waals surface area contributed by atoms with Gasteiger partial charge in [-0.15, -0.1) is 0 Å². The van der Waals surface area contributed by atoms with Crippen LogP contribution in [-0.2, 0) is 4.74 Å². The fraction of sp³-hybridized carbons (Fsp3) is 0.438. The topological polar surface area (TPSA) is 47.3 Å². The van der Waals surface area contributed by atoms with Crippen molar-refractivity contribution in [1.82, 2.24) is 9.55 Å². The molecule has 20 heavy (non-hydrogen) atoms. The van der Waals surface area contributed by atoms with Crippen LogP contribution in [0.1, 0.15) is 24.9 Å². The second-order valence-corrected chi connectivity index (χ2v) is 6.01. The summed E-state index contributed by atoms with van der Waals surface area (Å²) in [7, 11) is 0. The van der Waals surface area contributed by atoms with Crippen molar-refractivity contribution in [2.75, 3.05) is 13.2 Å². The second kappa shape index (κ2) is 4.17. The predicted molar refractivity (Wildman–Crippen MR) is 75.4 cm³/mol. The third-order valence-corrected chi connectivity index (χ3v) is 4.75. The number of hydrogen-bond acceptors (Lipinski definition) is 3. The molecule has 4 nitrogen and oxygen atoms in total. The lowest BCUT2D eigenvalue weighted by molar-refractivity contribution is -0.112. The van der Waals surface area contributed by atoms with Crippen molar-refractivity contribution in [2.45, 2.75) is 25.0 Å². The van der Waals surface area contributed by atoms with Crippen LogP contribution in [0.2, 0.25) is 0 Å². The lowest BCUT2D eigenvalue weighted by Crippen LogP contribution is -2.46. The van der Waals surface area contributed by atoms with Gasteiger partial charge in [0.15, 0.2) is 0 Å². The summed E-state index contributed by atoms with van der Waals surface area (Å²) < 4.78 is 7.82. The average Bonchev–Trinajstić information content (AvgIpc) is 3.00. The Kier molecular flexibility index (Phi) is 2.53. The fourth-order valence-electron chi connectivity index (χ4n) is 3.57. The molecular formula is C16H18N2O2. The molecule has 1 fully saturated rings. The minimum Gasteiger partial charge on any atom is -0.390 e. The zero-order valence-corrected chi connectivity index (χ0v) is 11.5. The molecule has 2 aromatic rings. The highest BCUT2D eigenvalue weighted by atomic mass is 16.5. The Morgan fingerprint density at radius 2 is 2.25 bits per heavy atom. The molecule has 0 amide bonds. The SMILES string of the molecule is C[C@@]1(O)CCOC[C@@H]1C1c2ccccc2-c2cncn21. The van der Waals surface area contributed by atoms with E-state index in [0.717, 1.165) is 5.69 Å². The highest BCUT2D eigenvalue weighted by Crippen LogP contribution is 2.47. The summed E-state index contributed by atoms with van der Waals surface area (Å²) in [6.07, 6.45) is 4.45. The number of nitrogens with zero attached hydrogens (tertiary/aromatic N) is 2. The molecule has 0 radical (unpaired) electrons. The van der Waals surface area contributed by atoms with Crippen molar-refractivity contribution in [3.63, 3.8) is 0 Å². The molecule has 2 aliphatic rings. The number of rotatable bonds is 1. The van der Waals surface area contributed by atoms with Crippen LogP contribution in [0, 0.1) is 5.92 Å². The highest BCUT2D eigenvalue weighted by molar-refractivity contribution is 5.69. The maximum absolute atomic E-state index is 10.8. The molecule has 104 valence electrons. The summed E-state index contributed by atoms with van der Waals surface area (Å²) in [6, 6.07) is 8.50. The summed E-state index contributed by atoms with van der Waals surface area (Å²) in [4.78, 5) is 4.28. The van der Waals surface area contributed by atoms with E-state index in [0.29, 0.717) is 19.6 Å². The molecule has 3 atom stereocenters. The molecule has 0 saturated carbocycles. The summed E-state index contributed by atoms with van der Waals surface area (Å²) >= 11 is 0. The Bertz CT molecular complexity index is 647.